The van der Waals surface area contributed by atoms with E-state index in [2.05, 4.69) is 20.0 Å². The van der Waals surface area contributed by atoms with Gasteiger partial charge in [0.05, 0.1) is 6.54 Å². The highest BCUT2D eigenvalue weighted by molar-refractivity contribution is 6.39. The van der Waals surface area contributed by atoms with E-state index in [1.807, 2.05) is 19.9 Å². The van der Waals surface area contributed by atoms with Crippen LogP contribution in [0.4, 0.5) is 5.82 Å². The molecular weight excluding hydrogens is 294 g/mol. The summed E-state index contributed by atoms with van der Waals surface area (Å²) in [5.74, 6) is 0.845. The minimum absolute atomic E-state index is 0.0453. The molecule has 1 aromatic rings. The lowest BCUT2D eigenvalue weighted by atomic mass is 9.88. The molecule has 1 spiro atoms. The first kappa shape index (κ1) is 15.7. The van der Waals surface area contributed by atoms with Gasteiger partial charge in [-0.1, -0.05) is 5.16 Å². The number of carbonyl (C=O) groups is 1. The molecule has 7 heteroatoms. The molecule has 1 aromatic heterocycles. The Morgan fingerprint density at radius 1 is 1.48 bits per heavy atom. The van der Waals surface area contributed by atoms with Crippen molar-refractivity contribution in [2.75, 3.05) is 25.0 Å². The number of nitrogens with zero attached hydrogens (tertiary/aromatic N) is 5. The second kappa shape index (κ2) is 6.14. The first-order chi connectivity index (χ1) is 11.0. The Kier molecular flexibility index (Phi) is 4.19. The second-order valence-corrected chi connectivity index (χ2v) is 6.59. The lowest BCUT2D eigenvalue weighted by molar-refractivity contribution is -0.124. The Bertz CT molecular complexity index is 604. The van der Waals surface area contributed by atoms with Crippen molar-refractivity contribution < 1.29 is 9.63 Å². The molecule has 0 aliphatic carbocycles. The Morgan fingerprint density at radius 2 is 2.30 bits per heavy atom. The van der Waals surface area contributed by atoms with E-state index < -0.39 is 5.60 Å². The minimum Gasteiger partial charge on any atom is -0.386 e. The summed E-state index contributed by atoms with van der Waals surface area (Å²) in [6.45, 7) is 5.59. The van der Waals surface area contributed by atoms with Gasteiger partial charge < -0.3 is 14.6 Å². The maximum atomic E-state index is 12.4. The third kappa shape index (κ3) is 3.13. The predicted molar refractivity (Wildman–Crippen MR) is 87.3 cm³/mol. The standard InChI is InChI=1S/C16H23N5O2/c1-12(2)20(3)15(22)13-9-16(23-19-13)6-4-8-21(10-16)14-5-7-17-11-18-14/h5,7,11-12H,4,6,8-10H2,1-3H3/t16-/m0/s1. The molecule has 0 N–H and O–H groups in total. The average Bonchev–Trinajstić information content (AvgIpc) is 2.97. The molecule has 3 heterocycles. The third-order valence-corrected chi connectivity index (χ3v) is 4.61. The number of anilines is 1. The van der Waals surface area contributed by atoms with Crippen molar-refractivity contribution in [3.05, 3.63) is 18.6 Å². The van der Waals surface area contributed by atoms with Crippen LogP contribution in [0, 0.1) is 0 Å². The number of rotatable bonds is 3. The molecular formula is C16H23N5O2. The van der Waals surface area contributed by atoms with Gasteiger partial charge in [-0.05, 0) is 32.8 Å². The van der Waals surface area contributed by atoms with Crippen LogP contribution in [-0.4, -0.2) is 58.3 Å². The van der Waals surface area contributed by atoms with E-state index in [9.17, 15) is 4.79 Å². The molecule has 124 valence electrons. The van der Waals surface area contributed by atoms with Crippen LogP contribution < -0.4 is 4.90 Å². The molecule has 3 rings (SSSR count). The molecule has 0 radical (unpaired) electrons. The summed E-state index contributed by atoms with van der Waals surface area (Å²) in [5, 5.41) is 4.11. The summed E-state index contributed by atoms with van der Waals surface area (Å²) < 4.78 is 0. The monoisotopic (exact) mass is 317 g/mol. The normalized spacial score (nSPS) is 23.8. The van der Waals surface area contributed by atoms with Crippen LogP contribution in [0.2, 0.25) is 0 Å². The minimum atomic E-state index is -0.411. The molecule has 0 bridgehead atoms. The topological polar surface area (TPSA) is 70.9 Å². The largest absolute Gasteiger partial charge is 0.386 e. The van der Waals surface area contributed by atoms with Crippen LogP contribution in [-0.2, 0) is 9.63 Å². The van der Waals surface area contributed by atoms with Crippen molar-refractivity contribution in [2.45, 2.75) is 44.8 Å². The lowest BCUT2D eigenvalue weighted by Gasteiger charge is -2.38. The first-order valence-electron chi connectivity index (χ1n) is 8.04. The summed E-state index contributed by atoms with van der Waals surface area (Å²) in [6, 6.07) is 2.04. The van der Waals surface area contributed by atoms with E-state index in [0.29, 0.717) is 18.7 Å². The zero-order valence-electron chi connectivity index (χ0n) is 13.9. The SMILES string of the molecule is CC(C)N(C)C(=O)C1=NO[C@@]2(CCCN(c3ccncn3)C2)C1. The van der Waals surface area contributed by atoms with Gasteiger partial charge in [0, 0.05) is 32.3 Å². The van der Waals surface area contributed by atoms with E-state index >= 15 is 0 Å². The number of aromatic nitrogens is 2. The van der Waals surface area contributed by atoms with Gasteiger partial charge in [-0.2, -0.15) is 0 Å². The summed E-state index contributed by atoms with van der Waals surface area (Å²) >= 11 is 0. The fraction of sp³-hybridized carbons (Fsp3) is 0.625. The molecule has 7 nitrogen and oxygen atoms in total. The number of carbonyl (C=O) groups excluding carboxylic acids is 1. The van der Waals surface area contributed by atoms with Gasteiger partial charge >= 0.3 is 0 Å². The quantitative estimate of drug-likeness (QED) is 0.844. The van der Waals surface area contributed by atoms with Gasteiger partial charge in [0.25, 0.3) is 5.91 Å². The maximum absolute atomic E-state index is 12.4. The maximum Gasteiger partial charge on any atom is 0.271 e. The predicted octanol–water partition coefficient (Wildman–Crippen LogP) is 1.46. The van der Waals surface area contributed by atoms with Gasteiger partial charge in [0.15, 0.2) is 5.60 Å². The van der Waals surface area contributed by atoms with Crippen LogP contribution in [0.5, 0.6) is 0 Å². The molecule has 0 aromatic carbocycles. The van der Waals surface area contributed by atoms with Gasteiger partial charge in [0.2, 0.25) is 0 Å². The van der Waals surface area contributed by atoms with Crippen molar-refractivity contribution in [2.24, 2.45) is 5.16 Å². The molecule has 23 heavy (non-hydrogen) atoms. The summed E-state index contributed by atoms with van der Waals surface area (Å²) in [4.78, 5) is 30.3. The van der Waals surface area contributed by atoms with Gasteiger partial charge in [-0.3, -0.25) is 4.79 Å². The number of hydrogen-bond donors (Lipinski definition) is 0. The lowest BCUT2D eigenvalue weighted by Crippen LogP contribution is -2.49. The fourth-order valence-electron chi connectivity index (χ4n) is 3.06. The van der Waals surface area contributed by atoms with Crippen molar-refractivity contribution in [1.29, 1.82) is 0 Å². The van der Waals surface area contributed by atoms with E-state index in [-0.39, 0.29) is 11.9 Å². The van der Waals surface area contributed by atoms with Gasteiger partial charge in [0.1, 0.15) is 17.9 Å². The van der Waals surface area contributed by atoms with Crippen LogP contribution in [0.1, 0.15) is 33.1 Å². The van der Waals surface area contributed by atoms with Gasteiger partial charge in [-0.25, -0.2) is 9.97 Å². The van der Waals surface area contributed by atoms with Crippen LogP contribution in [0.3, 0.4) is 0 Å². The summed E-state index contributed by atoms with van der Waals surface area (Å²) in [6.07, 6.45) is 5.74. The molecule has 0 saturated carbocycles. The Hall–Kier alpha value is -2.18. The molecule has 1 fully saturated rings. The van der Waals surface area contributed by atoms with Crippen molar-refractivity contribution in [1.82, 2.24) is 14.9 Å². The van der Waals surface area contributed by atoms with Gasteiger partial charge in [-0.15, -0.1) is 0 Å². The number of hydrogen-bond acceptors (Lipinski definition) is 6. The average molecular weight is 317 g/mol. The third-order valence-electron chi connectivity index (χ3n) is 4.61. The molecule has 2 aliphatic rings. The Morgan fingerprint density at radius 3 is 3.00 bits per heavy atom. The number of piperidine rings is 1. The Balaban J connectivity index is 1.69. The van der Waals surface area contributed by atoms with Crippen LogP contribution in [0.25, 0.3) is 0 Å². The molecule has 1 atom stereocenters. The molecule has 0 unspecified atom stereocenters. The molecule has 2 aliphatic heterocycles. The highest BCUT2D eigenvalue weighted by Gasteiger charge is 2.45. The van der Waals surface area contributed by atoms with Crippen molar-refractivity contribution >= 4 is 17.4 Å². The van der Waals surface area contributed by atoms with Crippen molar-refractivity contribution in [3.63, 3.8) is 0 Å². The molecule has 1 amide bonds. The zero-order chi connectivity index (χ0) is 16.4. The highest BCUT2D eigenvalue weighted by atomic mass is 16.7. The highest BCUT2D eigenvalue weighted by Crippen LogP contribution is 2.35. The van der Waals surface area contributed by atoms with Crippen molar-refractivity contribution in [3.8, 4) is 0 Å². The van der Waals surface area contributed by atoms with E-state index in [4.69, 9.17) is 4.84 Å². The second-order valence-electron chi connectivity index (χ2n) is 6.59. The van der Waals surface area contributed by atoms with Crippen LogP contribution >= 0.6 is 0 Å². The van der Waals surface area contributed by atoms with E-state index in [1.54, 1.807) is 24.5 Å². The fourth-order valence-corrected chi connectivity index (χ4v) is 3.06. The van der Waals surface area contributed by atoms with Crippen LogP contribution in [0.15, 0.2) is 23.7 Å². The summed E-state index contributed by atoms with van der Waals surface area (Å²) in [5.41, 5.74) is 0.108. The number of amides is 1. The van der Waals surface area contributed by atoms with E-state index in [1.165, 1.54) is 0 Å². The molecule has 1 saturated heterocycles. The zero-order valence-corrected chi connectivity index (χ0v) is 13.9. The summed E-state index contributed by atoms with van der Waals surface area (Å²) in [7, 11) is 1.80. The number of oxime groups is 1. The first-order valence-corrected chi connectivity index (χ1v) is 8.04. The smallest absolute Gasteiger partial charge is 0.271 e. The van der Waals surface area contributed by atoms with E-state index in [0.717, 1.165) is 25.2 Å². The Labute approximate surface area is 136 Å².